The van der Waals surface area contributed by atoms with Gasteiger partial charge in [0.1, 0.15) is 5.78 Å². The Hall–Kier alpha value is -0.100. The first kappa shape index (κ1) is 49.5. The maximum atomic E-state index is 10.2. The van der Waals surface area contributed by atoms with Crippen molar-refractivity contribution in [3.63, 3.8) is 0 Å². The average Bonchev–Trinajstić information content (AvgIpc) is 1.70. The lowest BCUT2D eigenvalue weighted by atomic mass is 10.0. The summed E-state index contributed by atoms with van der Waals surface area (Å²) in [6.07, 6.45) is 0. The minimum atomic E-state index is -1.64. The summed E-state index contributed by atoms with van der Waals surface area (Å²) in [5.74, 6) is 1.00. The molecule has 0 aromatic rings. The summed E-state index contributed by atoms with van der Waals surface area (Å²) in [4.78, 5) is 9.44. The molecule has 0 aromatic heterocycles. The zero-order chi connectivity index (χ0) is 16.2. The van der Waals surface area contributed by atoms with E-state index in [2.05, 4.69) is 48.5 Å². The van der Waals surface area contributed by atoms with Crippen LogP contribution >= 0.6 is 7.14 Å². The molecule has 3 heteroatoms. The zero-order valence-corrected chi connectivity index (χ0v) is 15.7. The minimum absolute atomic E-state index is 0. The van der Waals surface area contributed by atoms with Gasteiger partial charge in [-0.25, -0.2) is 0 Å². The third-order valence-electron chi connectivity index (χ3n) is 0. The van der Waals surface area contributed by atoms with Crippen LogP contribution in [0.1, 0.15) is 92.0 Å². The Morgan fingerprint density at radius 3 is 0.773 bits per heavy atom. The van der Waals surface area contributed by atoms with E-state index in [0.29, 0.717) is 5.41 Å². The molecular weight excluding hydrogens is 291 g/mol. The molecule has 0 bridgehead atoms. The molecule has 22 heavy (non-hydrogen) atoms. The second kappa shape index (κ2) is 25.8. The lowest BCUT2D eigenvalue weighted by molar-refractivity contribution is -0.114. The standard InChI is InChI=1S/C5H12.C4H10.C3H9OP.C3H6O.4CH4/c1-5(2,3)4;1-4(2)3;1-5(2,3)4;1-3(2)4;;;;/h1-4H3;4H,1-3H3;1-3H3;1-2H3;4*1H4. The zero-order valence-electron chi connectivity index (χ0n) is 14.8. The van der Waals surface area contributed by atoms with E-state index < -0.39 is 7.14 Å². The number of rotatable bonds is 0. The van der Waals surface area contributed by atoms with E-state index in [0.717, 1.165) is 5.92 Å². The Kier molecular flexibility index (Phi) is 58.1. The summed E-state index contributed by atoms with van der Waals surface area (Å²) >= 11 is 0. The molecule has 0 heterocycles. The quantitative estimate of drug-likeness (QED) is 0.416. The van der Waals surface area contributed by atoms with Crippen molar-refractivity contribution in [3.05, 3.63) is 0 Å². The number of hydrogen-bond donors (Lipinski definition) is 0. The predicted molar refractivity (Wildman–Crippen MR) is 114 cm³/mol. The number of hydrogen-bond acceptors (Lipinski definition) is 2. The van der Waals surface area contributed by atoms with E-state index in [1.807, 2.05) is 0 Å². The van der Waals surface area contributed by atoms with Crippen LogP contribution in [0.15, 0.2) is 0 Å². The summed E-state index contributed by atoms with van der Waals surface area (Å²) < 4.78 is 10.2. The van der Waals surface area contributed by atoms with Crippen LogP contribution < -0.4 is 0 Å². The van der Waals surface area contributed by atoms with Crippen LogP contribution in [0.3, 0.4) is 0 Å². The summed E-state index contributed by atoms with van der Waals surface area (Å²) in [6, 6.07) is 0. The van der Waals surface area contributed by atoms with E-state index >= 15 is 0 Å². The van der Waals surface area contributed by atoms with Gasteiger partial charge in [-0.15, -0.1) is 0 Å². The molecule has 0 spiro atoms. The lowest BCUT2D eigenvalue weighted by Gasteiger charge is -2.05. The molecule has 2 nitrogen and oxygen atoms in total. The fourth-order valence-corrected chi connectivity index (χ4v) is 0. The van der Waals surface area contributed by atoms with Crippen LogP contribution in [0.25, 0.3) is 0 Å². The second-order valence-electron chi connectivity index (χ2n) is 7.53. The number of Topliss-reactive ketones (excluding diaryl/α,β-unsaturated/α-hetero) is 1. The maximum absolute atomic E-state index is 10.2. The molecule has 0 saturated heterocycles. The highest BCUT2D eigenvalue weighted by molar-refractivity contribution is 7.61. The topological polar surface area (TPSA) is 34.1 Å². The molecule has 0 aromatic carbocycles. The molecular formula is C19H53O2P. The summed E-state index contributed by atoms with van der Waals surface area (Å²) in [5, 5.41) is 0. The molecule has 0 unspecified atom stereocenters. The van der Waals surface area contributed by atoms with Gasteiger partial charge in [-0.1, -0.05) is 78.2 Å². The van der Waals surface area contributed by atoms with Gasteiger partial charge in [-0.05, 0) is 45.2 Å². The van der Waals surface area contributed by atoms with Crippen LogP contribution in [0.5, 0.6) is 0 Å². The molecule has 0 aliphatic rings. The molecule has 146 valence electrons. The van der Waals surface area contributed by atoms with Crippen molar-refractivity contribution in [3.8, 4) is 0 Å². The first-order chi connectivity index (χ1) is 7.46. The maximum Gasteiger partial charge on any atom is 0.126 e. The molecule has 0 atom stereocenters. The van der Waals surface area contributed by atoms with E-state index in [1.54, 1.807) is 20.0 Å². The molecule has 0 fully saturated rings. The molecule has 0 amide bonds. The number of carbonyl (C=O) groups is 1. The van der Waals surface area contributed by atoms with Crippen molar-refractivity contribution in [2.75, 3.05) is 20.0 Å². The summed E-state index contributed by atoms with van der Waals surface area (Å²) in [7, 11) is -1.64. The van der Waals surface area contributed by atoms with Crippen LogP contribution in [0.4, 0.5) is 0 Å². The predicted octanol–water partition coefficient (Wildman–Crippen LogP) is 8.09. The Balaban J connectivity index is -0.0000000188. The molecule has 0 radical (unpaired) electrons. The van der Waals surface area contributed by atoms with Gasteiger partial charge in [0.25, 0.3) is 0 Å². The van der Waals surface area contributed by atoms with Crippen molar-refractivity contribution >= 4 is 12.9 Å². The van der Waals surface area contributed by atoms with Gasteiger partial charge in [0.2, 0.25) is 0 Å². The largest absolute Gasteiger partial charge is 0.324 e. The van der Waals surface area contributed by atoms with Gasteiger partial charge >= 0.3 is 0 Å². The van der Waals surface area contributed by atoms with Gasteiger partial charge < -0.3 is 9.36 Å². The Bertz CT molecular complexity index is 199. The van der Waals surface area contributed by atoms with Gasteiger partial charge in [-0.3, -0.25) is 0 Å². The van der Waals surface area contributed by atoms with Gasteiger partial charge in [-0.2, -0.15) is 0 Å². The molecule has 0 saturated carbocycles. The molecule has 0 rings (SSSR count). The van der Waals surface area contributed by atoms with Crippen molar-refractivity contribution in [1.29, 1.82) is 0 Å². The monoisotopic (exact) mass is 344 g/mol. The third-order valence-corrected chi connectivity index (χ3v) is 0. The fraction of sp³-hybridized carbons (Fsp3) is 0.947. The normalized spacial score (nSPS) is 8.23. The molecule has 0 aliphatic heterocycles. The smallest absolute Gasteiger partial charge is 0.126 e. The van der Waals surface area contributed by atoms with Crippen LogP contribution in [0.2, 0.25) is 0 Å². The average molecular weight is 345 g/mol. The number of carbonyl (C=O) groups excluding carboxylic acids is 1. The third kappa shape index (κ3) is 711000. The summed E-state index contributed by atoms with van der Waals surface area (Å²) in [5.41, 5.74) is 0.500. The van der Waals surface area contributed by atoms with Crippen molar-refractivity contribution < 1.29 is 9.36 Å². The first-order valence-corrected chi connectivity index (χ1v) is 9.51. The number of ketones is 1. The Labute approximate surface area is 146 Å². The van der Waals surface area contributed by atoms with Crippen LogP contribution in [0, 0.1) is 11.3 Å². The summed E-state index contributed by atoms with van der Waals surface area (Å²) in [6.45, 7) is 23.5. The fourth-order valence-electron chi connectivity index (χ4n) is 0. The van der Waals surface area contributed by atoms with E-state index in [4.69, 9.17) is 0 Å². The van der Waals surface area contributed by atoms with E-state index in [9.17, 15) is 9.36 Å². The van der Waals surface area contributed by atoms with Gasteiger partial charge in [0.05, 0.1) is 7.14 Å². The van der Waals surface area contributed by atoms with Crippen LogP contribution in [-0.2, 0) is 9.36 Å². The SMILES string of the molecule is C.C.C.C.CC(C)(C)C.CC(C)=O.CC(C)C.CP(C)(C)=O. The van der Waals surface area contributed by atoms with Gasteiger partial charge in [0, 0.05) is 0 Å². The Morgan fingerprint density at radius 2 is 0.773 bits per heavy atom. The highest BCUT2D eigenvalue weighted by Gasteiger charge is 1.95. The Morgan fingerprint density at radius 1 is 0.773 bits per heavy atom. The minimum Gasteiger partial charge on any atom is -0.324 e. The van der Waals surface area contributed by atoms with E-state index in [-0.39, 0.29) is 35.5 Å². The van der Waals surface area contributed by atoms with Crippen molar-refractivity contribution in [1.82, 2.24) is 0 Å². The highest BCUT2D eigenvalue weighted by Crippen LogP contribution is 2.28. The first-order valence-electron chi connectivity index (χ1n) is 6.46. The molecule has 0 N–H and O–H groups in total. The van der Waals surface area contributed by atoms with E-state index in [1.165, 1.54) is 13.8 Å². The lowest BCUT2D eigenvalue weighted by Crippen LogP contribution is -1.93. The van der Waals surface area contributed by atoms with Crippen molar-refractivity contribution in [2.45, 2.75) is 92.0 Å². The highest BCUT2D eigenvalue weighted by atomic mass is 31.2. The van der Waals surface area contributed by atoms with Gasteiger partial charge in [0.15, 0.2) is 0 Å². The molecule has 0 aliphatic carbocycles. The second-order valence-corrected chi connectivity index (χ2v) is 11.3. The van der Waals surface area contributed by atoms with Crippen molar-refractivity contribution in [2.24, 2.45) is 11.3 Å². The van der Waals surface area contributed by atoms with Crippen LogP contribution in [-0.4, -0.2) is 25.8 Å².